The minimum atomic E-state index is -0.197. The fraction of sp³-hybridized carbons (Fsp3) is 0.0625. The van der Waals surface area contributed by atoms with Crippen LogP contribution in [0, 0.1) is 0 Å². The van der Waals surface area contributed by atoms with Crippen LogP contribution >= 0.6 is 27.3 Å². The van der Waals surface area contributed by atoms with Crippen LogP contribution in [0.2, 0.25) is 0 Å². The number of carbonyl (C=O) groups excluding carboxylic acids is 1. The molecule has 0 unspecified atom stereocenters. The third kappa shape index (κ3) is 3.78. The quantitative estimate of drug-likeness (QED) is 0.747. The van der Waals surface area contributed by atoms with Crippen LogP contribution in [0.4, 0.5) is 5.13 Å². The summed E-state index contributed by atoms with van der Waals surface area (Å²) in [5.41, 5.74) is 1.73. The second kappa shape index (κ2) is 6.81. The van der Waals surface area contributed by atoms with Gasteiger partial charge >= 0.3 is 0 Å². The first-order chi connectivity index (χ1) is 10.7. The fourth-order valence-electron chi connectivity index (χ4n) is 1.92. The summed E-state index contributed by atoms with van der Waals surface area (Å²) in [6.45, 7) is 0. The number of benzene rings is 1. The van der Waals surface area contributed by atoms with Gasteiger partial charge in [0.2, 0.25) is 0 Å². The first-order valence-electron chi connectivity index (χ1n) is 6.61. The zero-order valence-corrected chi connectivity index (χ0v) is 13.9. The average molecular weight is 374 g/mol. The first kappa shape index (κ1) is 14.9. The highest BCUT2D eigenvalue weighted by atomic mass is 79.9. The number of hydrogen-bond donors (Lipinski definition) is 1. The maximum atomic E-state index is 12.0. The van der Waals surface area contributed by atoms with Crippen LogP contribution in [0.25, 0.3) is 0 Å². The molecule has 22 heavy (non-hydrogen) atoms. The van der Waals surface area contributed by atoms with Gasteiger partial charge in [0.15, 0.2) is 5.13 Å². The Balaban J connectivity index is 1.66. The predicted octanol–water partition coefficient (Wildman–Crippen LogP) is 4.14. The van der Waals surface area contributed by atoms with Gasteiger partial charge in [-0.3, -0.25) is 15.1 Å². The lowest BCUT2D eigenvalue weighted by atomic mass is 10.1. The number of nitrogens with zero attached hydrogens (tertiary/aromatic N) is 2. The molecule has 0 saturated carbocycles. The molecule has 0 radical (unpaired) electrons. The normalized spacial score (nSPS) is 10.4. The fourth-order valence-corrected chi connectivity index (χ4v) is 3.02. The molecule has 1 amide bonds. The number of thiazole rings is 1. The molecule has 2 aromatic heterocycles. The van der Waals surface area contributed by atoms with Crippen molar-refractivity contribution in [3.05, 3.63) is 75.5 Å². The predicted molar refractivity (Wildman–Crippen MR) is 91.3 cm³/mol. The molecule has 4 nitrogen and oxygen atoms in total. The second-order valence-corrected chi connectivity index (χ2v) is 6.66. The minimum absolute atomic E-state index is 0.197. The summed E-state index contributed by atoms with van der Waals surface area (Å²) in [7, 11) is 0. The van der Waals surface area contributed by atoms with Crippen LogP contribution in [0.3, 0.4) is 0 Å². The summed E-state index contributed by atoms with van der Waals surface area (Å²) in [6, 6.07) is 11.6. The maximum Gasteiger partial charge on any atom is 0.259 e. The molecule has 0 aliphatic carbocycles. The highest BCUT2D eigenvalue weighted by Gasteiger charge is 2.09. The van der Waals surface area contributed by atoms with Crippen molar-refractivity contribution >= 4 is 38.3 Å². The van der Waals surface area contributed by atoms with Gasteiger partial charge in [-0.1, -0.05) is 28.1 Å². The Bertz CT molecular complexity index is 772. The summed E-state index contributed by atoms with van der Waals surface area (Å²) in [4.78, 5) is 21.3. The molecular formula is C16H12BrN3OS. The molecule has 3 aromatic rings. The minimum Gasteiger partial charge on any atom is -0.298 e. The van der Waals surface area contributed by atoms with Crippen molar-refractivity contribution < 1.29 is 4.79 Å². The van der Waals surface area contributed by atoms with E-state index in [9.17, 15) is 4.79 Å². The van der Waals surface area contributed by atoms with Crippen LogP contribution in [0.5, 0.6) is 0 Å². The molecule has 3 rings (SSSR count). The van der Waals surface area contributed by atoms with Gasteiger partial charge in [0.05, 0.1) is 5.56 Å². The Morgan fingerprint density at radius 2 is 2.00 bits per heavy atom. The molecule has 1 aromatic carbocycles. The van der Waals surface area contributed by atoms with Gasteiger partial charge in [0, 0.05) is 34.4 Å². The number of anilines is 1. The third-order valence-electron chi connectivity index (χ3n) is 2.99. The molecule has 0 aliphatic rings. The van der Waals surface area contributed by atoms with E-state index in [0.29, 0.717) is 10.7 Å². The third-order valence-corrected chi connectivity index (χ3v) is 4.43. The Morgan fingerprint density at radius 1 is 1.18 bits per heavy atom. The average Bonchev–Trinajstić information content (AvgIpc) is 2.97. The number of carbonyl (C=O) groups is 1. The van der Waals surface area contributed by atoms with Crippen LogP contribution < -0.4 is 5.32 Å². The molecule has 110 valence electrons. The number of hydrogen-bond acceptors (Lipinski definition) is 4. The first-order valence-corrected chi connectivity index (χ1v) is 8.22. The van der Waals surface area contributed by atoms with Crippen LogP contribution in [0.15, 0.2) is 59.5 Å². The van der Waals surface area contributed by atoms with Gasteiger partial charge in [0.25, 0.3) is 5.91 Å². The molecule has 0 aliphatic heterocycles. The van der Waals surface area contributed by atoms with Crippen LogP contribution in [-0.2, 0) is 6.42 Å². The topological polar surface area (TPSA) is 54.9 Å². The molecule has 0 saturated heterocycles. The smallest absolute Gasteiger partial charge is 0.259 e. The molecule has 0 atom stereocenters. The van der Waals surface area contributed by atoms with E-state index in [-0.39, 0.29) is 5.91 Å². The Kier molecular flexibility index (Phi) is 4.60. The van der Waals surface area contributed by atoms with E-state index in [0.717, 1.165) is 15.8 Å². The lowest BCUT2D eigenvalue weighted by molar-refractivity contribution is 0.102. The van der Waals surface area contributed by atoms with Gasteiger partial charge in [0.1, 0.15) is 0 Å². The number of aromatic nitrogens is 2. The molecule has 0 spiro atoms. The van der Waals surface area contributed by atoms with Crippen molar-refractivity contribution in [1.82, 2.24) is 9.97 Å². The maximum absolute atomic E-state index is 12.0. The van der Waals surface area contributed by atoms with E-state index in [2.05, 4.69) is 43.3 Å². The molecule has 6 heteroatoms. The van der Waals surface area contributed by atoms with Gasteiger partial charge < -0.3 is 0 Å². The highest BCUT2D eigenvalue weighted by molar-refractivity contribution is 9.10. The zero-order chi connectivity index (χ0) is 15.4. The second-order valence-electron chi connectivity index (χ2n) is 4.63. The van der Waals surface area contributed by atoms with Gasteiger partial charge in [-0.05, 0) is 29.8 Å². The van der Waals surface area contributed by atoms with Crippen molar-refractivity contribution in [3.63, 3.8) is 0 Å². The van der Waals surface area contributed by atoms with E-state index in [1.54, 1.807) is 24.5 Å². The van der Waals surface area contributed by atoms with Crippen molar-refractivity contribution in [2.24, 2.45) is 0 Å². The number of halogens is 1. The van der Waals surface area contributed by atoms with Crippen molar-refractivity contribution in [2.75, 3.05) is 5.32 Å². The zero-order valence-electron chi connectivity index (χ0n) is 11.5. The Morgan fingerprint density at radius 3 is 2.73 bits per heavy atom. The number of pyridine rings is 1. The van der Waals surface area contributed by atoms with E-state index >= 15 is 0 Å². The van der Waals surface area contributed by atoms with Gasteiger partial charge in [-0.15, -0.1) is 11.3 Å². The van der Waals surface area contributed by atoms with Gasteiger partial charge in [-0.25, -0.2) is 4.98 Å². The monoisotopic (exact) mass is 373 g/mol. The van der Waals surface area contributed by atoms with E-state index in [1.807, 2.05) is 12.1 Å². The highest BCUT2D eigenvalue weighted by Crippen LogP contribution is 2.22. The lowest BCUT2D eigenvalue weighted by Crippen LogP contribution is -2.11. The Hall–Kier alpha value is -2.05. The molecular weight excluding hydrogens is 362 g/mol. The van der Waals surface area contributed by atoms with Crippen molar-refractivity contribution in [2.45, 2.75) is 6.42 Å². The number of nitrogens with one attached hydrogen (secondary N) is 1. The molecule has 0 bridgehead atoms. The van der Waals surface area contributed by atoms with Crippen LogP contribution in [0.1, 0.15) is 20.8 Å². The standard InChI is InChI=1S/C16H12BrN3OS/c17-13-5-3-11(4-6-13)8-14-10-19-16(22-14)20-15(21)12-2-1-7-18-9-12/h1-7,9-10H,8H2,(H,19,20,21). The van der Waals surface area contributed by atoms with Crippen molar-refractivity contribution in [3.8, 4) is 0 Å². The van der Waals surface area contributed by atoms with E-state index in [4.69, 9.17) is 0 Å². The molecule has 1 N–H and O–H groups in total. The molecule has 2 heterocycles. The summed E-state index contributed by atoms with van der Waals surface area (Å²) < 4.78 is 1.06. The van der Waals surface area contributed by atoms with E-state index < -0.39 is 0 Å². The Labute approximate surface area is 140 Å². The lowest BCUT2D eigenvalue weighted by Gasteiger charge is -2.00. The molecule has 0 fully saturated rings. The van der Waals surface area contributed by atoms with E-state index in [1.165, 1.54) is 23.1 Å². The summed E-state index contributed by atoms with van der Waals surface area (Å²) in [5.74, 6) is -0.197. The number of rotatable bonds is 4. The SMILES string of the molecule is O=C(Nc1ncc(Cc2ccc(Br)cc2)s1)c1cccnc1. The number of amides is 1. The largest absolute Gasteiger partial charge is 0.298 e. The van der Waals surface area contributed by atoms with Gasteiger partial charge in [-0.2, -0.15) is 0 Å². The summed E-state index contributed by atoms with van der Waals surface area (Å²) in [5, 5.41) is 3.39. The summed E-state index contributed by atoms with van der Waals surface area (Å²) in [6.07, 6.45) is 5.77. The van der Waals surface area contributed by atoms with Crippen LogP contribution in [-0.4, -0.2) is 15.9 Å². The van der Waals surface area contributed by atoms with Crippen molar-refractivity contribution in [1.29, 1.82) is 0 Å². The summed E-state index contributed by atoms with van der Waals surface area (Å²) >= 11 is 4.90.